The van der Waals surface area contributed by atoms with Crippen LogP contribution in [0.2, 0.25) is 0 Å². The molecular formula is C17H17N5O. The third-order valence-corrected chi connectivity index (χ3v) is 3.39. The molecule has 3 aromatic rings. The van der Waals surface area contributed by atoms with Crippen molar-refractivity contribution in [3.05, 3.63) is 60.2 Å². The van der Waals surface area contributed by atoms with Gasteiger partial charge >= 0.3 is 0 Å². The molecule has 6 heteroatoms. The number of aromatic nitrogens is 4. The number of nitrogens with zero attached hydrogens (tertiary/aromatic N) is 4. The molecule has 2 aromatic carbocycles. The van der Waals surface area contributed by atoms with Gasteiger partial charge in [0.05, 0.1) is 0 Å². The lowest BCUT2D eigenvalue weighted by Crippen LogP contribution is -2.20. The number of hydrogen-bond acceptors (Lipinski definition) is 4. The maximum Gasteiger partial charge on any atom is 0.248 e. The van der Waals surface area contributed by atoms with Crippen molar-refractivity contribution in [1.29, 1.82) is 0 Å². The number of benzene rings is 2. The fourth-order valence-corrected chi connectivity index (χ4v) is 2.21. The Morgan fingerprint density at radius 3 is 2.74 bits per heavy atom. The number of rotatable bonds is 5. The zero-order valence-corrected chi connectivity index (χ0v) is 12.8. The van der Waals surface area contributed by atoms with Crippen LogP contribution >= 0.6 is 0 Å². The number of carbonyl (C=O) groups excluding carboxylic acids is 1. The van der Waals surface area contributed by atoms with Crippen molar-refractivity contribution in [2.45, 2.75) is 19.9 Å². The van der Waals surface area contributed by atoms with Crippen LogP contribution < -0.4 is 5.32 Å². The molecule has 0 saturated carbocycles. The van der Waals surface area contributed by atoms with Crippen LogP contribution in [0.15, 0.2) is 54.6 Å². The number of hydrogen-bond donors (Lipinski definition) is 1. The number of amides is 1. The third-order valence-electron chi connectivity index (χ3n) is 3.39. The Bertz CT molecular complexity index is 798. The zero-order valence-electron chi connectivity index (χ0n) is 12.8. The second-order valence-corrected chi connectivity index (χ2v) is 5.11. The van der Waals surface area contributed by atoms with Crippen LogP contribution in [0.3, 0.4) is 0 Å². The van der Waals surface area contributed by atoms with Gasteiger partial charge in [0.15, 0.2) is 0 Å². The first kappa shape index (κ1) is 14.9. The van der Waals surface area contributed by atoms with E-state index in [4.69, 9.17) is 0 Å². The Balaban J connectivity index is 1.65. The summed E-state index contributed by atoms with van der Waals surface area (Å²) in [5.74, 6) is 0.321. The van der Waals surface area contributed by atoms with Crippen LogP contribution in [0, 0.1) is 0 Å². The smallest absolute Gasteiger partial charge is 0.248 e. The van der Waals surface area contributed by atoms with Gasteiger partial charge in [0.1, 0.15) is 6.54 Å². The van der Waals surface area contributed by atoms with Gasteiger partial charge in [0.2, 0.25) is 11.7 Å². The number of anilines is 1. The number of tetrazole rings is 1. The van der Waals surface area contributed by atoms with Crippen molar-refractivity contribution in [2.75, 3.05) is 5.32 Å². The minimum absolute atomic E-state index is 0.0240. The topological polar surface area (TPSA) is 72.7 Å². The van der Waals surface area contributed by atoms with Crippen LogP contribution in [-0.2, 0) is 17.8 Å². The molecule has 6 nitrogen and oxygen atoms in total. The third kappa shape index (κ3) is 3.79. The predicted molar refractivity (Wildman–Crippen MR) is 87.7 cm³/mol. The number of nitrogens with one attached hydrogen (secondary N) is 1. The first-order valence-electron chi connectivity index (χ1n) is 7.46. The van der Waals surface area contributed by atoms with Crippen LogP contribution in [-0.4, -0.2) is 26.1 Å². The van der Waals surface area contributed by atoms with Crippen LogP contribution in [0.4, 0.5) is 5.69 Å². The Kier molecular flexibility index (Phi) is 4.42. The summed E-state index contributed by atoms with van der Waals surface area (Å²) >= 11 is 0. The van der Waals surface area contributed by atoms with Crippen LogP contribution in [0.25, 0.3) is 11.4 Å². The Labute approximate surface area is 134 Å². The van der Waals surface area contributed by atoms with E-state index in [2.05, 4.69) is 27.7 Å². The fourth-order valence-electron chi connectivity index (χ4n) is 2.21. The highest BCUT2D eigenvalue weighted by Crippen LogP contribution is 2.13. The first-order valence-corrected chi connectivity index (χ1v) is 7.46. The minimum atomic E-state index is -0.185. The van der Waals surface area contributed by atoms with Gasteiger partial charge in [-0.05, 0) is 29.3 Å². The van der Waals surface area contributed by atoms with Gasteiger partial charge in [0.25, 0.3) is 0 Å². The van der Waals surface area contributed by atoms with E-state index >= 15 is 0 Å². The molecule has 0 bridgehead atoms. The molecule has 3 rings (SSSR count). The van der Waals surface area contributed by atoms with E-state index < -0.39 is 0 Å². The molecule has 1 N–H and O–H groups in total. The van der Waals surface area contributed by atoms with E-state index in [9.17, 15) is 4.79 Å². The molecule has 0 fully saturated rings. The molecule has 0 spiro atoms. The molecule has 1 aromatic heterocycles. The van der Waals surface area contributed by atoms with Gasteiger partial charge in [0, 0.05) is 11.3 Å². The molecule has 0 aliphatic heterocycles. The van der Waals surface area contributed by atoms with E-state index in [-0.39, 0.29) is 12.5 Å². The van der Waals surface area contributed by atoms with E-state index in [0.29, 0.717) is 5.82 Å². The lowest BCUT2D eigenvalue weighted by Gasteiger charge is -2.05. The molecule has 1 amide bonds. The highest BCUT2D eigenvalue weighted by molar-refractivity contribution is 5.90. The van der Waals surface area contributed by atoms with Gasteiger partial charge in [-0.15, -0.1) is 10.2 Å². The fraction of sp³-hybridized carbons (Fsp3) is 0.176. The highest BCUT2D eigenvalue weighted by Gasteiger charge is 2.09. The maximum atomic E-state index is 12.1. The van der Waals surface area contributed by atoms with Gasteiger partial charge in [-0.1, -0.05) is 49.4 Å². The largest absolute Gasteiger partial charge is 0.324 e. The molecule has 1 heterocycles. The highest BCUT2D eigenvalue weighted by atomic mass is 16.2. The van der Waals surface area contributed by atoms with Crippen molar-refractivity contribution >= 4 is 11.6 Å². The lowest BCUT2D eigenvalue weighted by atomic mass is 10.1. The van der Waals surface area contributed by atoms with E-state index in [1.807, 2.05) is 54.6 Å². The van der Waals surface area contributed by atoms with Crippen molar-refractivity contribution in [2.24, 2.45) is 0 Å². The summed E-state index contributed by atoms with van der Waals surface area (Å²) in [4.78, 5) is 13.4. The normalized spacial score (nSPS) is 10.5. The van der Waals surface area contributed by atoms with Gasteiger partial charge < -0.3 is 5.32 Å². The molecule has 0 atom stereocenters. The Hall–Kier alpha value is -3.02. The van der Waals surface area contributed by atoms with E-state index in [1.54, 1.807) is 0 Å². The Morgan fingerprint density at radius 2 is 1.96 bits per heavy atom. The molecule has 0 aliphatic carbocycles. The van der Waals surface area contributed by atoms with Crippen LogP contribution in [0.5, 0.6) is 0 Å². The molecule has 0 aliphatic rings. The quantitative estimate of drug-likeness (QED) is 0.786. The lowest BCUT2D eigenvalue weighted by molar-refractivity contribution is -0.117. The van der Waals surface area contributed by atoms with Gasteiger partial charge in [-0.3, -0.25) is 4.79 Å². The number of carbonyl (C=O) groups is 1. The van der Waals surface area contributed by atoms with Crippen molar-refractivity contribution in [3.8, 4) is 11.4 Å². The molecule has 0 unspecified atom stereocenters. The molecular weight excluding hydrogens is 290 g/mol. The average molecular weight is 307 g/mol. The minimum Gasteiger partial charge on any atom is -0.324 e. The van der Waals surface area contributed by atoms with E-state index in [1.165, 1.54) is 10.4 Å². The predicted octanol–water partition coefficient (Wildman–Crippen LogP) is 2.54. The summed E-state index contributed by atoms with van der Waals surface area (Å²) in [5.41, 5.74) is 2.82. The van der Waals surface area contributed by atoms with Crippen LogP contribution in [0.1, 0.15) is 12.5 Å². The monoisotopic (exact) mass is 307 g/mol. The summed E-state index contributed by atoms with van der Waals surface area (Å²) in [7, 11) is 0. The average Bonchev–Trinajstić information content (AvgIpc) is 3.04. The SMILES string of the molecule is CCc1cccc(NC(=O)Cn2nnc(-c3ccccc3)n2)c1. The van der Waals surface area contributed by atoms with Crippen molar-refractivity contribution in [1.82, 2.24) is 20.2 Å². The maximum absolute atomic E-state index is 12.1. The van der Waals surface area contributed by atoms with Crippen molar-refractivity contribution in [3.63, 3.8) is 0 Å². The number of aryl methyl sites for hydroxylation is 1. The van der Waals surface area contributed by atoms with Gasteiger partial charge in [-0.25, -0.2) is 0 Å². The van der Waals surface area contributed by atoms with Crippen molar-refractivity contribution < 1.29 is 4.79 Å². The molecule has 116 valence electrons. The summed E-state index contributed by atoms with van der Waals surface area (Å²) in [6.07, 6.45) is 0.925. The molecule has 23 heavy (non-hydrogen) atoms. The molecule has 0 radical (unpaired) electrons. The molecule has 0 saturated heterocycles. The zero-order chi connectivity index (χ0) is 16.1. The summed E-state index contributed by atoms with van der Waals surface area (Å²) in [6, 6.07) is 17.3. The summed E-state index contributed by atoms with van der Waals surface area (Å²) < 4.78 is 0. The summed E-state index contributed by atoms with van der Waals surface area (Å²) in [6.45, 7) is 2.10. The standard InChI is InChI=1S/C17H17N5O/c1-2-13-7-6-10-15(11-13)18-16(23)12-22-20-17(19-21-22)14-8-4-3-5-9-14/h3-11H,2,12H2,1H3,(H,18,23). The van der Waals surface area contributed by atoms with E-state index in [0.717, 1.165) is 17.7 Å². The Morgan fingerprint density at radius 1 is 1.13 bits per heavy atom. The second kappa shape index (κ2) is 6.83. The van der Waals surface area contributed by atoms with Gasteiger partial charge in [-0.2, -0.15) is 4.80 Å². The second-order valence-electron chi connectivity index (χ2n) is 5.11. The first-order chi connectivity index (χ1) is 11.2. The summed E-state index contributed by atoms with van der Waals surface area (Å²) in [5, 5.41) is 15.0.